The van der Waals surface area contributed by atoms with Gasteiger partial charge in [-0.2, -0.15) is 0 Å². The zero-order valence-corrected chi connectivity index (χ0v) is 12.1. The molecule has 1 saturated carbocycles. The molecular weight excluding hydrogens is 284 g/mol. The van der Waals surface area contributed by atoms with Gasteiger partial charge >= 0.3 is 0 Å². The number of alkyl halides is 2. The van der Waals surface area contributed by atoms with E-state index in [4.69, 9.17) is 0 Å². The molecule has 0 N–H and O–H groups in total. The fourth-order valence-corrected chi connectivity index (χ4v) is 3.65. The third-order valence-corrected chi connectivity index (χ3v) is 5.69. The molecule has 1 heterocycles. The lowest BCUT2D eigenvalue weighted by molar-refractivity contribution is 0.0537. The molecule has 3 nitrogen and oxygen atoms in total. The zero-order chi connectivity index (χ0) is 14.6. The van der Waals surface area contributed by atoms with Gasteiger partial charge < -0.3 is 4.90 Å². The second-order valence-corrected chi connectivity index (χ2v) is 7.93. The number of nitrogens with zero attached hydrogens (tertiary/aromatic N) is 1. The number of piperidine rings is 1. The molecule has 0 unspecified atom stereocenters. The minimum atomic E-state index is -3.19. The van der Waals surface area contributed by atoms with E-state index in [1.165, 1.54) is 6.26 Å². The van der Waals surface area contributed by atoms with Gasteiger partial charge in [0.1, 0.15) is 0 Å². The predicted molar refractivity (Wildman–Crippen MR) is 73.0 cm³/mol. The van der Waals surface area contributed by atoms with Crippen molar-refractivity contribution in [3.8, 4) is 0 Å². The number of sulfone groups is 1. The molecule has 6 heteroatoms. The third kappa shape index (κ3) is 2.20. The molecule has 0 amide bonds. The summed E-state index contributed by atoms with van der Waals surface area (Å²) in [6, 6.07) is 6.64. The highest BCUT2D eigenvalue weighted by Crippen LogP contribution is 2.65. The molecule has 0 bridgehead atoms. The zero-order valence-electron chi connectivity index (χ0n) is 11.3. The first-order chi connectivity index (χ1) is 9.24. The van der Waals surface area contributed by atoms with Gasteiger partial charge in [-0.3, -0.25) is 0 Å². The molecule has 1 aliphatic heterocycles. The van der Waals surface area contributed by atoms with Crippen molar-refractivity contribution >= 4 is 15.5 Å². The molecular formula is C14H17F2NO2S. The van der Waals surface area contributed by atoms with Gasteiger partial charge in [-0.1, -0.05) is 0 Å². The average Bonchev–Trinajstić information content (AvgIpc) is 2.90. The summed E-state index contributed by atoms with van der Waals surface area (Å²) in [6.45, 7) is 1.21. The first-order valence-corrected chi connectivity index (χ1v) is 8.56. The van der Waals surface area contributed by atoms with Crippen LogP contribution in [0.5, 0.6) is 0 Å². The summed E-state index contributed by atoms with van der Waals surface area (Å²) in [7, 11) is -3.19. The number of hydrogen-bond donors (Lipinski definition) is 0. The molecule has 1 saturated heterocycles. The Morgan fingerprint density at radius 3 is 2.00 bits per heavy atom. The summed E-state index contributed by atoms with van der Waals surface area (Å²) in [5.41, 5.74) is 0.146. The molecule has 110 valence electrons. The van der Waals surface area contributed by atoms with Crippen LogP contribution in [0.2, 0.25) is 0 Å². The molecule has 2 fully saturated rings. The van der Waals surface area contributed by atoms with Crippen molar-refractivity contribution in [3.63, 3.8) is 0 Å². The van der Waals surface area contributed by atoms with Crippen molar-refractivity contribution in [2.24, 2.45) is 5.41 Å². The summed E-state index contributed by atoms with van der Waals surface area (Å²) >= 11 is 0. The number of rotatable bonds is 2. The Balaban J connectivity index is 1.70. The molecule has 1 aliphatic carbocycles. The maximum absolute atomic E-state index is 13.3. The Morgan fingerprint density at radius 2 is 1.60 bits per heavy atom. The van der Waals surface area contributed by atoms with E-state index in [1.807, 2.05) is 4.90 Å². The van der Waals surface area contributed by atoms with Gasteiger partial charge in [-0.15, -0.1) is 0 Å². The number of benzene rings is 1. The van der Waals surface area contributed by atoms with Crippen molar-refractivity contribution in [2.45, 2.75) is 30.1 Å². The van der Waals surface area contributed by atoms with Crippen LogP contribution < -0.4 is 4.90 Å². The van der Waals surface area contributed by atoms with E-state index in [-0.39, 0.29) is 11.3 Å². The van der Waals surface area contributed by atoms with Crippen molar-refractivity contribution in [1.29, 1.82) is 0 Å². The first-order valence-electron chi connectivity index (χ1n) is 6.67. The van der Waals surface area contributed by atoms with Gasteiger partial charge in [0.2, 0.25) is 0 Å². The first kappa shape index (κ1) is 13.8. The van der Waals surface area contributed by atoms with Crippen molar-refractivity contribution < 1.29 is 17.2 Å². The highest BCUT2D eigenvalue weighted by molar-refractivity contribution is 7.90. The highest BCUT2D eigenvalue weighted by atomic mass is 32.2. The van der Waals surface area contributed by atoms with Crippen molar-refractivity contribution in [3.05, 3.63) is 24.3 Å². The highest BCUT2D eigenvalue weighted by Gasteiger charge is 2.70. The summed E-state index contributed by atoms with van der Waals surface area (Å²) in [6.07, 6.45) is 2.21. The summed E-state index contributed by atoms with van der Waals surface area (Å²) in [4.78, 5) is 2.33. The molecule has 0 radical (unpaired) electrons. The monoisotopic (exact) mass is 301 g/mol. The maximum Gasteiger partial charge on any atom is 0.254 e. The van der Waals surface area contributed by atoms with Crippen LogP contribution in [-0.2, 0) is 9.84 Å². The van der Waals surface area contributed by atoms with E-state index in [2.05, 4.69) is 0 Å². The largest absolute Gasteiger partial charge is 0.371 e. The second-order valence-electron chi connectivity index (χ2n) is 5.91. The minimum absolute atomic E-state index is 0.0286. The predicted octanol–water partition coefficient (Wildman–Crippen LogP) is 2.72. The van der Waals surface area contributed by atoms with Crippen LogP contribution in [0, 0.1) is 5.41 Å². The lowest BCUT2D eigenvalue weighted by Gasteiger charge is -2.34. The van der Waals surface area contributed by atoms with Crippen LogP contribution in [-0.4, -0.2) is 33.7 Å². The van der Waals surface area contributed by atoms with Gasteiger partial charge in [-0.05, 0) is 37.1 Å². The second kappa shape index (κ2) is 4.16. The van der Waals surface area contributed by atoms with Crippen LogP contribution in [0.1, 0.15) is 19.3 Å². The van der Waals surface area contributed by atoms with E-state index < -0.39 is 21.2 Å². The molecule has 0 atom stereocenters. The van der Waals surface area contributed by atoms with Crippen LogP contribution in [0.4, 0.5) is 14.5 Å². The molecule has 3 rings (SSSR count). The molecule has 1 aromatic carbocycles. The van der Waals surface area contributed by atoms with E-state index in [0.29, 0.717) is 25.9 Å². The number of hydrogen-bond acceptors (Lipinski definition) is 3. The third-order valence-electron chi connectivity index (χ3n) is 4.56. The Labute approximate surface area is 117 Å². The minimum Gasteiger partial charge on any atom is -0.371 e. The van der Waals surface area contributed by atoms with E-state index in [9.17, 15) is 17.2 Å². The van der Waals surface area contributed by atoms with E-state index >= 15 is 0 Å². The van der Waals surface area contributed by atoms with Crippen LogP contribution in [0.3, 0.4) is 0 Å². The van der Waals surface area contributed by atoms with Crippen molar-refractivity contribution in [2.75, 3.05) is 24.2 Å². The Bertz CT molecular complexity index is 617. The quantitative estimate of drug-likeness (QED) is 0.843. The molecule has 1 spiro atoms. The van der Waals surface area contributed by atoms with E-state index in [0.717, 1.165) is 5.69 Å². The molecule has 20 heavy (non-hydrogen) atoms. The Kier molecular flexibility index (Phi) is 2.87. The lowest BCUT2D eigenvalue weighted by Crippen LogP contribution is -2.36. The maximum atomic E-state index is 13.3. The summed E-state index contributed by atoms with van der Waals surface area (Å²) in [5.74, 6) is -2.47. The average molecular weight is 301 g/mol. The van der Waals surface area contributed by atoms with Crippen LogP contribution >= 0.6 is 0 Å². The number of anilines is 1. The summed E-state index contributed by atoms with van der Waals surface area (Å²) in [5, 5.41) is 0. The summed E-state index contributed by atoms with van der Waals surface area (Å²) < 4.78 is 49.4. The smallest absolute Gasteiger partial charge is 0.254 e. The number of halogens is 2. The SMILES string of the molecule is CS(=O)(=O)c1ccc(N2CCC3(CC2)CC3(F)F)cc1. The van der Waals surface area contributed by atoms with E-state index in [1.54, 1.807) is 24.3 Å². The topological polar surface area (TPSA) is 37.4 Å². The Hall–Kier alpha value is -1.17. The normalized spacial score (nSPS) is 23.9. The standard InChI is InChI=1S/C14H17F2NO2S/c1-20(18,19)12-4-2-11(3-5-12)17-8-6-13(7-9-17)10-14(13,15)16/h2-5H,6-10H2,1H3. The molecule has 1 aromatic rings. The van der Waals surface area contributed by atoms with Gasteiger partial charge in [0, 0.05) is 36.9 Å². The van der Waals surface area contributed by atoms with Gasteiger partial charge in [0.15, 0.2) is 9.84 Å². The van der Waals surface area contributed by atoms with Crippen LogP contribution in [0.15, 0.2) is 29.2 Å². The fraction of sp³-hybridized carbons (Fsp3) is 0.571. The lowest BCUT2D eigenvalue weighted by atomic mass is 9.92. The fourth-order valence-electron chi connectivity index (χ4n) is 3.02. The molecule has 0 aromatic heterocycles. The molecule has 2 aliphatic rings. The Morgan fingerprint density at radius 1 is 1.10 bits per heavy atom. The van der Waals surface area contributed by atoms with Crippen LogP contribution in [0.25, 0.3) is 0 Å². The van der Waals surface area contributed by atoms with Gasteiger partial charge in [0.05, 0.1) is 4.90 Å². The van der Waals surface area contributed by atoms with Gasteiger partial charge in [0.25, 0.3) is 5.92 Å². The van der Waals surface area contributed by atoms with Gasteiger partial charge in [-0.25, -0.2) is 17.2 Å². The van der Waals surface area contributed by atoms with Crippen molar-refractivity contribution in [1.82, 2.24) is 0 Å².